The molecule has 3 aromatic rings. The predicted octanol–water partition coefficient (Wildman–Crippen LogP) is 2.13. The fourth-order valence-electron chi connectivity index (χ4n) is 2.45. The van der Waals surface area contributed by atoms with Gasteiger partial charge in [-0.2, -0.15) is 0 Å². The van der Waals surface area contributed by atoms with Crippen LogP contribution in [0.1, 0.15) is 11.4 Å². The molecule has 24 heavy (non-hydrogen) atoms. The van der Waals surface area contributed by atoms with Crippen molar-refractivity contribution in [2.24, 2.45) is 0 Å². The summed E-state index contributed by atoms with van der Waals surface area (Å²) in [5, 5.41) is 10.9. The van der Waals surface area contributed by atoms with Crippen LogP contribution < -0.4 is 10.1 Å². The number of methoxy groups -OCH3 is 1. The molecule has 0 bridgehead atoms. The van der Waals surface area contributed by atoms with Gasteiger partial charge in [0.25, 0.3) is 0 Å². The van der Waals surface area contributed by atoms with Crippen molar-refractivity contribution in [3.63, 3.8) is 0 Å². The van der Waals surface area contributed by atoms with Crippen LogP contribution in [0.3, 0.4) is 0 Å². The molecule has 1 aromatic heterocycles. The number of nitrogens with one attached hydrogen (secondary N) is 1. The molecular weight excluding hydrogens is 304 g/mol. The molecule has 0 aliphatic heterocycles. The third-order valence-corrected chi connectivity index (χ3v) is 3.64. The number of rotatable bonds is 6. The maximum atomic E-state index is 12.2. The average Bonchev–Trinajstić information content (AvgIpc) is 3.10. The zero-order chi connectivity index (χ0) is 16.8. The summed E-state index contributed by atoms with van der Waals surface area (Å²) < 4.78 is 7.12. The predicted molar refractivity (Wildman–Crippen MR) is 89.9 cm³/mol. The Balaban J connectivity index is 1.64. The summed E-state index contributed by atoms with van der Waals surface area (Å²) in [6, 6.07) is 17.2. The van der Waals surface area contributed by atoms with Crippen LogP contribution in [0.4, 0.5) is 0 Å². The second kappa shape index (κ2) is 7.41. The summed E-state index contributed by atoms with van der Waals surface area (Å²) >= 11 is 0. The van der Waals surface area contributed by atoms with Crippen LogP contribution in [0.15, 0.2) is 60.9 Å². The molecule has 1 heterocycles. The van der Waals surface area contributed by atoms with Gasteiger partial charge in [-0.3, -0.25) is 9.36 Å². The van der Waals surface area contributed by atoms with E-state index in [1.165, 1.54) is 0 Å². The zero-order valence-electron chi connectivity index (χ0n) is 13.3. The smallest absolute Gasteiger partial charge is 0.224 e. The lowest BCUT2D eigenvalue weighted by atomic mass is 10.1. The Morgan fingerprint density at radius 1 is 1.12 bits per heavy atom. The molecule has 1 N–H and O–H groups in total. The first-order valence-corrected chi connectivity index (χ1v) is 7.61. The maximum Gasteiger partial charge on any atom is 0.224 e. The lowest BCUT2D eigenvalue weighted by Gasteiger charge is -2.09. The SMILES string of the molecule is COc1ccccc1CC(=O)NCc1nncn1-c1ccccc1. The Bertz CT molecular complexity index is 815. The second-order valence-corrected chi connectivity index (χ2v) is 5.22. The van der Waals surface area contributed by atoms with Crippen LogP contribution in [0.2, 0.25) is 0 Å². The van der Waals surface area contributed by atoms with Crippen molar-refractivity contribution in [1.82, 2.24) is 20.1 Å². The van der Waals surface area contributed by atoms with Gasteiger partial charge in [0.2, 0.25) is 5.91 Å². The Labute approximate surface area is 140 Å². The van der Waals surface area contributed by atoms with E-state index in [2.05, 4.69) is 15.5 Å². The summed E-state index contributed by atoms with van der Waals surface area (Å²) in [6.07, 6.45) is 1.89. The number of carbonyl (C=O) groups is 1. The number of hydrogen-bond donors (Lipinski definition) is 1. The number of hydrogen-bond acceptors (Lipinski definition) is 4. The molecule has 0 aliphatic carbocycles. The van der Waals surface area contributed by atoms with E-state index >= 15 is 0 Å². The first-order chi connectivity index (χ1) is 11.8. The van der Waals surface area contributed by atoms with E-state index in [0.717, 1.165) is 11.3 Å². The molecule has 0 atom stereocenters. The number of carbonyl (C=O) groups excluding carboxylic acids is 1. The highest BCUT2D eigenvalue weighted by atomic mass is 16.5. The highest BCUT2D eigenvalue weighted by Gasteiger charge is 2.11. The number of ether oxygens (including phenoxy) is 1. The molecule has 6 heteroatoms. The first kappa shape index (κ1) is 15.7. The molecule has 0 saturated heterocycles. The number of para-hydroxylation sites is 2. The third kappa shape index (κ3) is 3.60. The van der Waals surface area contributed by atoms with Crippen molar-refractivity contribution in [2.45, 2.75) is 13.0 Å². The van der Waals surface area contributed by atoms with Gasteiger partial charge in [0.1, 0.15) is 12.1 Å². The molecule has 122 valence electrons. The fraction of sp³-hybridized carbons (Fsp3) is 0.167. The second-order valence-electron chi connectivity index (χ2n) is 5.22. The van der Waals surface area contributed by atoms with Gasteiger partial charge in [0.15, 0.2) is 5.82 Å². The van der Waals surface area contributed by atoms with Crippen LogP contribution in [0.25, 0.3) is 5.69 Å². The average molecular weight is 322 g/mol. The fourth-order valence-corrected chi connectivity index (χ4v) is 2.45. The lowest BCUT2D eigenvalue weighted by Crippen LogP contribution is -2.26. The molecule has 6 nitrogen and oxygen atoms in total. The molecule has 0 fully saturated rings. The molecule has 0 saturated carbocycles. The van der Waals surface area contributed by atoms with E-state index in [-0.39, 0.29) is 12.3 Å². The van der Waals surface area contributed by atoms with Crippen molar-refractivity contribution in [2.75, 3.05) is 7.11 Å². The minimum atomic E-state index is -0.0953. The van der Waals surface area contributed by atoms with E-state index in [0.29, 0.717) is 18.1 Å². The first-order valence-electron chi connectivity index (χ1n) is 7.61. The quantitative estimate of drug-likeness (QED) is 0.755. The standard InChI is InChI=1S/C18H18N4O2/c1-24-16-10-6-5-7-14(16)11-18(23)19-12-17-21-20-13-22(17)15-8-3-2-4-9-15/h2-10,13H,11-12H2,1H3,(H,19,23). The molecule has 2 aromatic carbocycles. The highest BCUT2D eigenvalue weighted by molar-refractivity contribution is 5.79. The van der Waals surface area contributed by atoms with Crippen LogP contribution in [-0.2, 0) is 17.8 Å². The number of benzene rings is 2. The molecule has 0 radical (unpaired) electrons. The molecular formula is C18H18N4O2. The van der Waals surface area contributed by atoms with E-state index in [4.69, 9.17) is 4.74 Å². The van der Waals surface area contributed by atoms with Gasteiger partial charge >= 0.3 is 0 Å². The largest absolute Gasteiger partial charge is 0.496 e. The Morgan fingerprint density at radius 3 is 2.67 bits per heavy atom. The molecule has 0 aliphatic rings. The number of nitrogens with zero attached hydrogens (tertiary/aromatic N) is 3. The van der Waals surface area contributed by atoms with Gasteiger partial charge in [-0.05, 0) is 18.2 Å². The molecule has 0 unspecified atom stereocenters. The van der Waals surface area contributed by atoms with Crippen LogP contribution in [0, 0.1) is 0 Å². The minimum absolute atomic E-state index is 0.0953. The normalized spacial score (nSPS) is 10.4. The lowest BCUT2D eigenvalue weighted by molar-refractivity contribution is -0.120. The molecule has 0 spiro atoms. The minimum Gasteiger partial charge on any atom is -0.496 e. The third-order valence-electron chi connectivity index (χ3n) is 3.64. The molecule has 1 amide bonds. The van der Waals surface area contributed by atoms with Gasteiger partial charge in [-0.1, -0.05) is 36.4 Å². The van der Waals surface area contributed by atoms with E-state index in [1.807, 2.05) is 59.2 Å². The Morgan fingerprint density at radius 2 is 1.88 bits per heavy atom. The summed E-state index contributed by atoms with van der Waals surface area (Å²) in [5.41, 5.74) is 1.80. The van der Waals surface area contributed by atoms with Gasteiger partial charge in [-0.25, -0.2) is 0 Å². The maximum absolute atomic E-state index is 12.2. The van der Waals surface area contributed by atoms with Gasteiger partial charge in [0, 0.05) is 11.3 Å². The zero-order valence-corrected chi connectivity index (χ0v) is 13.3. The van der Waals surface area contributed by atoms with E-state index < -0.39 is 0 Å². The van der Waals surface area contributed by atoms with Crippen LogP contribution in [0.5, 0.6) is 5.75 Å². The van der Waals surface area contributed by atoms with Gasteiger partial charge in [-0.15, -0.1) is 10.2 Å². The monoisotopic (exact) mass is 322 g/mol. The topological polar surface area (TPSA) is 69.0 Å². The van der Waals surface area contributed by atoms with Crippen LogP contribution in [-0.4, -0.2) is 27.8 Å². The Kier molecular flexibility index (Phi) is 4.86. The van der Waals surface area contributed by atoms with Crippen molar-refractivity contribution in [3.05, 3.63) is 72.3 Å². The van der Waals surface area contributed by atoms with Crippen molar-refractivity contribution in [3.8, 4) is 11.4 Å². The van der Waals surface area contributed by atoms with Crippen molar-refractivity contribution >= 4 is 5.91 Å². The number of aromatic nitrogens is 3. The van der Waals surface area contributed by atoms with Gasteiger partial charge < -0.3 is 10.1 Å². The summed E-state index contributed by atoms with van der Waals surface area (Å²) in [5.74, 6) is 1.29. The van der Waals surface area contributed by atoms with Crippen LogP contribution >= 0.6 is 0 Å². The molecule has 3 rings (SSSR count). The van der Waals surface area contributed by atoms with E-state index in [9.17, 15) is 4.79 Å². The number of amides is 1. The van der Waals surface area contributed by atoms with Gasteiger partial charge in [0.05, 0.1) is 20.1 Å². The van der Waals surface area contributed by atoms with Crippen molar-refractivity contribution in [1.29, 1.82) is 0 Å². The summed E-state index contributed by atoms with van der Waals surface area (Å²) in [6.45, 7) is 0.308. The van der Waals surface area contributed by atoms with Crippen molar-refractivity contribution < 1.29 is 9.53 Å². The summed E-state index contributed by atoms with van der Waals surface area (Å²) in [7, 11) is 1.60. The van der Waals surface area contributed by atoms with E-state index in [1.54, 1.807) is 13.4 Å². The highest BCUT2D eigenvalue weighted by Crippen LogP contribution is 2.17. The Hall–Kier alpha value is -3.15. The summed E-state index contributed by atoms with van der Waals surface area (Å²) in [4.78, 5) is 12.2.